The van der Waals surface area contributed by atoms with E-state index in [0.29, 0.717) is 0 Å². The molecule has 1 amide bonds. The fourth-order valence-corrected chi connectivity index (χ4v) is 4.24. The third kappa shape index (κ3) is 3.86. The number of anilines is 1. The summed E-state index contributed by atoms with van der Waals surface area (Å²) in [4.78, 5) is 13.3. The smallest absolute Gasteiger partial charge is 0.363 e. The Bertz CT molecular complexity index is 1020. The second-order valence-electron chi connectivity index (χ2n) is 6.96. The maximum atomic E-state index is 13.7. The maximum Gasteiger partial charge on any atom is 0.410 e. The van der Waals surface area contributed by atoms with Crippen LogP contribution in [-0.2, 0) is 13.6 Å². The van der Waals surface area contributed by atoms with Gasteiger partial charge in [-0.05, 0) is 18.4 Å². The van der Waals surface area contributed by atoms with Crippen LogP contribution in [0.3, 0.4) is 0 Å². The molecule has 0 unspecified atom stereocenters. The molecule has 3 aromatic heterocycles. The minimum absolute atomic E-state index is 0.0601. The lowest BCUT2D eigenvalue weighted by Gasteiger charge is -2.32. The number of carbonyl (C=O) groups excluding carboxylic acids is 1. The summed E-state index contributed by atoms with van der Waals surface area (Å²) in [5.41, 5.74) is 1.54. The molecule has 0 saturated heterocycles. The van der Waals surface area contributed by atoms with Crippen LogP contribution in [0.5, 0.6) is 0 Å². The Kier molecular flexibility index (Phi) is 4.85. The Morgan fingerprint density at radius 1 is 1.41 bits per heavy atom. The predicted molar refractivity (Wildman–Crippen MR) is 102 cm³/mol. The predicted octanol–water partition coefficient (Wildman–Crippen LogP) is 3.58. The van der Waals surface area contributed by atoms with Crippen molar-refractivity contribution in [1.82, 2.24) is 24.9 Å². The van der Waals surface area contributed by atoms with E-state index in [2.05, 4.69) is 20.8 Å². The molecular weight excluding hydrogens is 405 g/mol. The molecule has 3 aromatic rings. The first kappa shape index (κ1) is 19.5. The highest BCUT2D eigenvalue weighted by Gasteiger charge is 2.47. The van der Waals surface area contributed by atoms with Crippen molar-refractivity contribution in [2.45, 2.75) is 38.1 Å². The Morgan fingerprint density at radius 3 is 2.83 bits per heavy atom. The number of fused-ring (bicyclic) bond motifs is 1. The number of hydrogen-bond acceptors (Lipinski definition) is 5. The van der Waals surface area contributed by atoms with Crippen molar-refractivity contribution >= 4 is 23.1 Å². The topological polar surface area (TPSA) is 76.8 Å². The van der Waals surface area contributed by atoms with Crippen molar-refractivity contribution < 1.29 is 18.0 Å². The zero-order valence-corrected chi connectivity index (χ0v) is 16.5. The van der Waals surface area contributed by atoms with Crippen LogP contribution < -0.4 is 10.6 Å². The van der Waals surface area contributed by atoms with E-state index in [9.17, 15) is 18.0 Å². The molecule has 0 aliphatic carbocycles. The number of hydrogen-bond donors (Lipinski definition) is 2. The molecule has 11 heteroatoms. The van der Waals surface area contributed by atoms with Crippen LogP contribution in [0, 0.1) is 6.92 Å². The third-order valence-corrected chi connectivity index (χ3v) is 5.85. The number of nitrogens with one attached hydrogen (secondary N) is 2. The molecule has 4 heterocycles. The van der Waals surface area contributed by atoms with Gasteiger partial charge < -0.3 is 10.6 Å². The first-order chi connectivity index (χ1) is 13.7. The van der Waals surface area contributed by atoms with Gasteiger partial charge in [-0.15, -0.1) is 11.3 Å². The van der Waals surface area contributed by atoms with E-state index in [1.807, 2.05) is 12.3 Å². The van der Waals surface area contributed by atoms with E-state index in [-0.39, 0.29) is 24.5 Å². The fourth-order valence-electron chi connectivity index (χ4n) is 3.45. The van der Waals surface area contributed by atoms with Crippen molar-refractivity contribution in [3.63, 3.8) is 0 Å². The molecule has 7 nitrogen and oxygen atoms in total. The van der Waals surface area contributed by atoms with E-state index in [4.69, 9.17) is 0 Å². The molecule has 1 aliphatic heterocycles. The molecule has 2 atom stereocenters. The first-order valence-electron chi connectivity index (χ1n) is 8.96. The van der Waals surface area contributed by atoms with Gasteiger partial charge in [0.05, 0.1) is 11.7 Å². The molecule has 0 fully saturated rings. The second kappa shape index (κ2) is 7.21. The molecule has 4 rings (SSSR count). The summed E-state index contributed by atoms with van der Waals surface area (Å²) in [5, 5.41) is 15.8. The highest BCUT2D eigenvalue weighted by Crippen LogP contribution is 2.44. The zero-order chi connectivity index (χ0) is 20.8. The van der Waals surface area contributed by atoms with Gasteiger partial charge in [0.1, 0.15) is 5.82 Å². The summed E-state index contributed by atoms with van der Waals surface area (Å²) in [6, 6.07) is 2.68. The van der Waals surface area contributed by atoms with Gasteiger partial charge in [-0.25, -0.2) is 4.68 Å². The largest absolute Gasteiger partial charge is 0.410 e. The molecule has 0 spiro atoms. The van der Waals surface area contributed by atoms with Crippen molar-refractivity contribution in [2.75, 3.05) is 5.32 Å². The average Bonchev–Trinajstić information content (AvgIpc) is 3.37. The summed E-state index contributed by atoms with van der Waals surface area (Å²) >= 11 is 1.39. The third-order valence-electron chi connectivity index (χ3n) is 4.86. The van der Waals surface area contributed by atoms with E-state index < -0.39 is 24.2 Å². The zero-order valence-electron chi connectivity index (χ0n) is 15.7. The monoisotopic (exact) mass is 424 g/mol. The van der Waals surface area contributed by atoms with Crippen LogP contribution in [0.4, 0.5) is 19.0 Å². The van der Waals surface area contributed by atoms with Crippen LogP contribution >= 0.6 is 11.3 Å². The van der Waals surface area contributed by atoms with Crippen molar-refractivity contribution in [1.29, 1.82) is 0 Å². The lowest BCUT2D eigenvalue weighted by Crippen LogP contribution is -2.35. The van der Waals surface area contributed by atoms with Crippen LogP contribution in [0.1, 0.15) is 45.1 Å². The minimum atomic E-state index is -4.47. The molecule has 0 radical (unpaired) electrons. The number of halogens is 3. The number of rotatable bonds is 4. The van der Waals surface area contributed by atoms with E-state index in [1.54, 1.807) is 30.1 Å². The molecular formula is C18H19F3N6OS. The number of thiophene rings is 1. The molecule has 154 valence electrons. The molecule has 0 saturated carbocycles. The van der Waals surface area contributed by atoms with E-state index in [1.165, 1.54) is 17.4 Å². The van der Waals surface area contributed by atoms with Gasteiger partial charge in [0.15, 0.2) is 11.7 Å². The number of nitrogens with zero attached hydrogens (tertiary/aromatic N) is 4. The SMILES string of the molecule is Cc1nn(C)cc1CNC(=O)c1cc2n(n1)[C@H](C(F)(F)F)C[C@@H](c1cccs1)N2. The molecule has 29 heavy (non-hydrogen) atoms. The summed E-state index contributed by atoms with van der Waals surface area (Å²) in [6.07, 6.45) is -2.88. The molecule has 1 aliphatic rings. The summed E-state index contributed by atoms with van der Waals surface area (Å²) in [7, 11) is 1.77. The Morgan fingerprint density at radius 2 is 2.21 bits per heavy atom. The normalized spacial score (nSPS) is 18.9. The van der Waals surface area contributed by atoms with Gasteiger partial charge in [-0.1, -0.05) is 6.07 Å². The Hall–Kier alpha value is -2.82. The highest BCUT2D eigenvalue weighted by atomic mass is 32.1. The summed E-state index contributed by atoms with van der Waals surface area (Å²) < 4.78 is 43.5. The maximum absolute atomic E-state index is 13.7. The molecule has 0 aromatic carbocycles. The number of amides is 1. The van der Waals surface area contributed by atoms with Gasteiger partial charge in [0.25, 0.3) is 5.91 Å². The highest BCUT2D eigenvalue weighted by molar-refractivity contribution is 7.10. The first-order valence-corrected chi connectivity index (χ1v) is 9.84. The standard InChI is InChI=1S/C18H19F3N6OS/c1-10-11(9-26(2)24-10)8-22-17(28)13-7-16-23-12(14-4-3-5-29-14)6-15(18(19,20)21)27(16)25-13/h3-5,7,9,12,15,23H,6,8H2,1-2H3,(H,22,28)/t12-,15-/m0/s1. The lowest BCUT2D eigenvalue weighted by molar-refractivity contribution is -0.173. The summed E-state index contributed by atoms with van der Waals surface area (Å²) in [6.45, 7) is 2.04. The number of aryl methyl sites for hydroxylation is 2. The van der Waals surface area contributed by atoms with E-state index >= 15 is 0 Å². The van der Waals surface area contributed by atoms with Crippen LogP contribution in [0.15, 0.2) is 29.8 Å². The van der Waals surface area contributed by atoms with Crippen LogP contribution in [-0.4, -0.2) is 31.6 Å². The van der Waals surface area contributed by atoms with Gasteiger partial charge in [0.2, 0.25) is 0 Å². The lowest BCUT2D eigenvalue weighted by atomic mass is 10.0. The molecule has 0 bridgehead atoms. The Balaban J connectivity index is 1.57. The second-order valence-corrected chi connectivity index (χ2v) is 7.94. The number of aromatic nitrogens is 4. The number of carbonyl (C=O) groups is 1. The van der Waals surface area contributed by atoms with Crippen molar-refractivity contribution in [3.8, 4) is 0 Å². The number of alkyl halides is 3. The van der Waals surface area contributed by atoms with Gasteiger partial charge >= 0.3 is 6.18 Å². The minimum Gasteiger partial charge on any atom is -0.363 e. The summed E-state index contributed by atoms with van der Waals surface area (Å²) in [5.74, 6) is -0.356. The van der Waals surface area contributed by atoms with E-state index in [0.717, 1.165) is 20.8 Å². The van der Waals surface area contributed by atoms with Crippen LogP contribution in [0.25, 0.3) is 0 Å². The van der Waals surface area contributed by atoms with Crippen molar-refractivity contribution in [2.24, 2.45) is 7.05 Å². The Labute approximate surface area is 168 Å². The van der Waals surface area contributed by atoms with Crippen LogP contribution in [0.2, 0.25) is 0 Å². The van der Waals surface area contributed by atoms with Gasteiger partial charge in [-0.3, -0.25) is 9.48 Å². The quantitative estimate of drug-likeness (QED) is 0.671. The average molecular weight is 424 g/mol. The van der Waals surface area contributed by atoms with Gasteiger partial charge in [-0.2, -0.15) is 23.4 Å². The molecule has 2 N–H and O–H groups in total. The fraction of sp³-hybridized carbons (Fsp3) is 0.389. The van der Waals surface area contributed by atoms with Gasteiger partial charge in [0, 0.05) is 42.7 Å². The van der Waals surface area contributed by atoms with Crippen molar-refractivity contribution in [3.05, 3.63) is 51.6 Å².